The molecule has 0 fully saturated rings. The zero-order valence-corrected chi connectivity index (χ0v) is 17.5. The standard InChI is InChI=1S/C19H25O4P.C2H6/c1-13(2)17-7-5-6-16(10-17)11-19-14(3)8-18(9-15(19)4)23-12-24(20,21)22;1-2/h5-10,13H,11-12H2,1-4H3,(H2,20,21,22);1-2H3. The highest BCUT2D eigenvalue weighted by molar-refractivity contribution is 7.51. The van der Waals surface area contributed by atoms with E-state index in [4.69, 9.17) is 14.5 Å². The molecule has 2 aromatic rings. The largest absolute Gasteiger partial charge is 0.481 e. The smallest absolute Gasteiger partial charge is 0.362 e. The minimum atomic E-state index is -4.17. The van der Waals surface area contributed by atoms with Crippen LogP contribution in [0.2, 0.25) is 0 Å². The van der Waals surface area contributed by atoms with E-state index in [1.807, 2.05) is 39.8 Å². The third-order valence-corrected chi connectivity index (χ3v) is 4.53. The second kappa shape index (κ2) is 9.91. The van der Waals surface area contributed by atoms with Crippen molar-refractivity contribution < 1.29 is 19.1 Å². The van der Waals surface area contributed by atoms with Crippen LogP contribution in [0.15, 0.2) is 36.4 Å². The zero-order valence-electron chi connectivity index (χ0n) is 16.6. The van der Waals surface area contributed by atoms with Gasteiger partial charge in [0, 0.05) is 0 Å². The van der Waals surface area contributed by atoms with E-state index in [0.29, 0.717) is 11.7 Å². The number of hydrogen-bond donors (Lipinski definition) is 2. The van der Waals surface area contributed by atoms with E-state index < -0.39 is 13.9 Å². The molecule has 0 aromatic heterocycles. The first kappa shape index (κ1) is 22.4. The molecule has 4 nitrogen and oxygen atoms in total. The van der Waals surface area contributed by atoms with Crippen molar-refractivity contribution in [3.63, 3.8) is 0 Å². The number of ether oxygens (including phenoxy) is 1. The van der Waals surface area contributed by atoms with Gasteiger partial charge in [0.1, 0.15) is 5.75 Å². The number of hydrogen-bond acceptors (Lipinski definition) is 2. The minimum Gasteiger partial charge on any atom is -0.481 e. The minimum absolute atomic E-state index is 0.494. The predicted molar refractivity (Wildman–Crippen MR) is 108 cm³/mol. The number of benzene rings is 2. The first-order valence-electron chi connectivity index (χ1n) is 9.02. The molecule has 0 saturated heterocycles. The molecule has 144 valence electrons. The van der Waals surface area contributed by atoms with E-state index in [-0.39, 0.29) is 0 Å². The van der Waals surface area contributed by atoms with Crippen molar-refractivity contribution in [3.8, 4) is 5.75 Å². The van der Waals surface area contributed by atoms with Gasteiger partial charge >= 0.3 is 7.60 Å². The van der Waals surface area contributed by atoms with Gasteiger partial charge in [0.25, 0.3) is 0 Å². The molecule has 0 aliphatic rings. The molecule has 0 amide bonds. The van der Waals surface area contributed by atoms with Gasteiger partial charge in [-0.25, -0.2) is 0 Å². The molecule has 2 aromatic carbocycles. The fourth-order valence-electron chi connectivity index (χ4n) is 2.74. The summed E-state index contributed by atoms with van der Waals surface area (Å²) in [5.74, 6) is 0.989. The van der Waals surface area contributed by atoms with Crippen LogP contribution in [0, 0.1) is 13.8 Å². The monoisotopic (exact) mass is 378 g/mol. The summed E-state index contributed by atoms with van der Waals surface area (Å²) in [4.78, 5) is 17.8. The quantitative estimate of drug-likeness (QED) is 0.646. The van der Waals surface area contributed by atoms with Gasteiger partial charge in [-0.05, 0) is 66.1 Å². The van der Waals surface area contributed by atoms with E-state index in [9.17, 15) is 4.57 Å². The van der Waals surface area contributed by atoms with Gasteiger partial charge in [-0.15, -0.1) is 0 Å². The maximum absolute atomic E-state index is 10.9. The van der Waals surface area contributed by atoms with Crippen molar-refractivity contribution in [2.24, 2.45) is 0 Å². The molecule has 0 heterocycles. The van der Waals surface area contributed by atoms with Crippen molar-refractivity contribution >= 4 is 7.60 Å². The van der Waals surface area contributed by atoms with Gasteiger partial charge in [0.15, 0.2) is 6.35 Å². The fraction of sp³-hybridized carbons (Fsp3) is 0.429. The molecule has 0 radical (unpaired) electrons. The van der Waals surface area contributed by atoms with Crippen molar-refractivity contribution in [2.75, 3.05) is 6.35 Å². The summed E-state index contributed by atoms with van der Waals surface area (Å²) < 4.78 is 16.2. The third kappa shape index (κ3) is 6.95. The SMILES string of the molecule is CC.Cc1cc(OCP(=O)(O)O)cc(C)c1Cc1cccc(C(C)C)c1. The Balaban J connectivity index is 0.00000163. The molecule has 26 heavy (non-hydrogen) atoms. The van der Waals surface area contributed by atoms with Crippen LogP contribution < -0.4 is 4.74 Å². The second-order valence-electron chi connectivity index (χ2n) is 6.55. The number of rotatable bonds is 6. The van der Waals surface area contributed by atoms with E-state index in [0.717, 1.165) is 17.5 Å². The molecule has 0 saturated carbocycles. The molecule has 0 atom stereocenters. The summed E-state index contributed by atoms with van der Waals surface area (Å²) in [6.45, 7) is 12.4. The lowest BCUT2D eigenvalue weighted by atomic mass is 9.93. The van der Waals surface area contributed by atoms with Crippen molar-refractivity contribution in [1.82, 2.24) is 0 Å². The highest BCUT2D eigenvalue weighted by Gasteiger charge is 2.15. The van der Waals surface area contributed by atoms with Gasteiger partial charge in [0.05, 0.1) is 0 Å². The third-order valence-electron chi connectivity index (χ3n) is 4.07. The Morgan fingerprint density at radius 3 is 2.12 bits per heavy atom. The van der Waals surface area contributed by atoms with Gasteiger partial charge in [0.2, 0.25) is 0 Å². The van der Waals surface area contributed by atoms with Gasteiger partial charge in [-0.1, -0.05) is 52.0 Å². The first-order chi connectivity index (χ1) is 12.2. The summed E-state index contributed by atoms with van der Waals surface area (Å²) in [6, 6.07) is 12.3. The molecule has 0 aliphatic heterocycles. The Bertz CT molecular complexity index is 739. The van der Waals surface area contributed by atoms with Gasteiger partial charge in [-0.3, -0.25) is 4.57 Å². The lowest BCUT2D eigenvalue weighted by molar-refractivity contribution is 0.300. The molecule has 0 spiro atoms. The Kier molecular flexibility index (Phi) is 8.55. The second-order valence-corrected chi connectivity index (χ2v) is 8.14. The van der Waals surface area contributed by atoms with Crippen LogP contribution in [0.3, 0.4) is 0 Å². The van der Waals surface area contributed by atoms with Crippen LogP contribution in [0.1, 0.15) is 61.4 Å². The normalized spacial score (nSPS) is 11.1. The van der Waals surface area contributed by atoms with Crippen molar-refractivity contribution in [3.05, 3.63) is 64.2 Å². The van der Waals surface area contributed by atoms with Crippen LogP contribution >= 0.6 is 7.60 Å². The lowest BCUT2D eigenvalue weighted by Gasteiger charge is -2.15. The Hall–Kier alpha value is -1.61. The average molecular weight is 378 g/mol. The first-order valence-corrected chi connectivity index (χ1v) is 10.8. The Labute approximate surface area is 157 Å². The van der Waals surface area contributed by atoms with Crippen LogP contribution in [-0.4, -0.2) is 16.1 Å². The fourth-order valence-corrected chi connectivity index (χ4v) is 3.06. The van der Waals surface area contributed by atoms with Crippen LogP contribution in [0.5, 0.6) is 5.75 Å². The Morgan fingerprint density at radius 1 is 1.04 bits per heavy atom. The summed E-state index contributed by atoms with van der Waals surface area (Å²) in [7, 11) is -4.17. The number of aryl methyl sites for hydroxylation is 2. The zero-order chi connectivity index (χ0) is 19.9. The van der Waals surface area contributed by atoms with E-state index in [2.05, 4.69) is 38.1 Å². The molecule has 5 heteroatoms. The molecule has 2 rings (SSSR count). The average Bonchev–Trinajstić information content (AvgIpc) is 2.58. The molecular weight excluding hydrogens is 347 g/mol. The predicted octanol–water partition coefficient (Wildman–Crippen LogP) is 5.56. The summed E-state index contributed by atoms with van der Waals surface area (Å²) in [5.41, 5.74) is 5.93. The van der Waals surface area contributed by atoms with Crippen LogP contribution in [-0.2, 0) is 11.0 Å². The van der Waals surface area contributed by atoms with Gasteiger partial charge < -0.3 is 14.5 Å². The van der Waals surface area contributed by atoms with Crippen LogP contribution in [0.25, 0.3) is 0 Å². The Morgan fingerprint density at radius 2 is 1.62 bits per heavy atom. The highest BCUT2D eigenvalue weighted by atomic mass is 31.2. The van der Waals surface area contributed by atoms with E-state index >= 15 is 0 Å². The maximum Gasteiger partial charge on any atom is 0.362 e. The molecule has 0 bridgehead atoms. The summed E-state index contributed by atoms with van der Waals surface area (Å²) in [5, 5.41) is 0. The summed E-state index contributed by atoms with van der Waals surface area (Å²) in [6.07, 6.45) is 0.235. The van der Waals surface area contributed by atoms with E-state index in [1.54, 1.807) is 0 Å². The van der Waals surface area contributed by atoms with Crippen molar-refractivity contribution in [2.45, 2.75) is 53.9 Å². The maximum atomic E-state index is 10.9. The molecule has 0 aliphatic carbocycles. The highest BCUT2D eigenvalue weighted by Crippen LogP contribution is 2.35. The molecular formula is C21H31O4P. The van der Waals surface area contributed by atoms with Gasteiger partial charge in [-0.2, -0.15) is 0 Å². The van der Waals surface area contributed by atoms with Crippen LogP contribution in [0.4, 0.5) is 0 Å². The topological polar surface area (TPSA) is 66.8 Å². The van der Waals surface area contributed by atoms with Crippen molar-refractivity contribution in [1.29, 1.82) is 0 Å². The molecule has 0 unspecified atom stereocenters. The molecule has 2 N–H and O–H groups in total. The van der Waals surface area contributed by atoms with E-state index in [1.165, 1.54) is 16.7 Å². The lowest BCUT2D eigenvalue weighted by Crippen LogP contribution is -2.02. The summed E-state index contributed by atoms with van der Waals surface area (Å²) >= 11 is 0.